The molecule has 2 amide bonds. The van der Waals surface area contributed by atoms with Crippen LogP contribution in [0.2, 0.25) is 5.15 Å². The Morgan fingerprint density at radius 3 is 1.62 bits per heavy atom. The van der Waals surface area contributed by atoms with Crippen LogP contribution in [-0.2, 0) is 9.47 Å². The molecule has 264 valence electrons. The number of anilines is 1. The number of pyridine rings is 2. The summed E-state index contributed by atoms with van der Waals surface area (Å²) < 4.78 is 9.93. The molecule has 0 unspecified atom stereocenters. The number of hydrogen-bond acceptors (Lipinski definition) is 12. The van der Waals surface area contributed by atoms with Crippen molar-refractivity contribution in [3.63, 3.8) is 0 Å². The molecule has 3 rings (SSSR count). The smallest absolute Gasteiger partial charge is 0.410 e. The third-order valence-electron chi connectivity index (χ3n) is 5.62. The topological polar surface area (TPSA) is 209 Å². The molecule has 0 atom stereocenters. The quantitative estimate of drug-likeness (QED) is 0.217. The fourth-order valence-electron chi connectivity index (χ4n) is 3.62. The van der Waals surface area contributed by atoms with Crippen LogP contribution in [0.25, 0.3) is 0 Å². The molecule has 0 aliphatic carbocycles. The van der Waals surface area contributed by atoms with E-state index in [2.05, 4.69) is 33.9 Å². The molecule has 16 nitrogen and oxygen atoms in total. The van der Waals surface area contributed by atoms with Gasteiger partial charge in [0.15, 0.2) is 0 Å². The van der Waals surface area contributed by atoms with E-state index in [0.29, 0.717) is 43.4 Å². The number of carbonyl (C=O) groups is 2. The Labute approximate surface area is 281 Å². The van der Waals surface area contributed by atoms with Crippen molar-refractivity contribution in [1.82, 2.24) is 20.2 Å². The molecule has 0 bridgehead atoms. The van der Waals surface area contributed by atoms with Crippen molar-refractivity contribution in [3.8, 4) is 0 Å². The lowest BCUT2D eigenvalue weighted by molar-refractivity contribution is -0.385. The van der Waals surface area contributed by atoms with Gasteiger partial charge in [0.2, 0.25) is 0 Å². The van der Waals surface area contributed by atoms with E-state index < -0.39 is 27.1 Å². The fraction of sp³-hybridized carbons (Fsp3) is 0.600. The van der Waals surface area contributed by atoms with E-state index in [9.17, 15) is 29.8 Å². The third-order valence-corrected chi connectivity index (χ3v) is 5.83. The average molecular weight is 685 g/mol. The minimum Gasteiger partial charge on any atom is -0.444 e. The van der Waals surface area contributed by atoms with Gasteiger partial charge in [0.1, 0.15) is 33.6 Å². The molecule has 1 aliphatic rings. The van der Waals surface area contributed by atoms with Crippen LogP contribution in [0.5, 0.6) is 0 Å². The summed E-state index contributed by atoms with van der Waals surface area (Å²) in [5.74, 6) is 0.692. The zero-order valence-corrected chi connectivity index (χ0v) is 29.7. The van der Waals surface area contributed by atoms with Crippen molar-refractivity contribution in [2.45, 2.75) is 80.4 Å². The molecule has 17 heteroatoms. The molecule has 1 aliphatic heterocycles. The number of carbonyl (C=O) groups excluding carboxylic acids is 2. The van der Waals surface area contributed by atoms with Gasteiger partial charge in [-0.3, -0.25) is 20.2 Å². The van der Waals surface area contributed by atoms with E-state index in [1.807, 2.05) is 25.7 Å². The van der Waals surface area contributed by atoms with Crippen LogP contribution < -0.4 is 16.0 Å². The Kier molecular flexibility index (Phi) is 18.2. The second-order valence-electron chi connectivity index (χ2n) is 12.0. The van der Waals surface area contributed by atoms with Crippen LogP contribution in [0.15, 0.2) is 24.3 Å². The van der Waals surface area contributed by atoms with Crippen molar-refractivity contribution in [2.75, 3.05) is 44.2 Å². The summed E-state index contributed by atoms with van der Waals surface area (Å²) >= 11 is 5.49. The van der Waals surface area contributed by atoms with Gasteiger partial charge in [-0.2, -0.15) is 0 Å². The monoisotopic (exact) mass is 684 g/mol. The van der Waals surface area contributed by atoms with Gasteiger partial charge in [0, 0.05) is 38.3 Å². The highest BCUT2D eigenvalue weighted by Crippen LogP contribution is 2.22. The first-order valence-corrected chi connectivity index (χ1v) is 15.3. The first kappa shape index (κ1) is 42.7. The van der Waals surface area contributed by atoms with Gasteiger partial charge in [-0.05, 0) is 80.6 Å². The molecule has 0 spiro atoms. The van der Waals surface area contributed by atoms with Gasteiger partial charge in [0.05, 0.1) is 9.85 Å². The SMILES string of the molecule is CC(C)(C)OC(N)=O.CCNCC.Cc1nc(Cl)ccc1[N+](=O)[O-].Cc1nc(N2CCN(C(=O)OC(C)(C)C)CC2)ccc1[N+](=O)[O-]. The number of amides is 2. The van der Waals surface area contributed by atoms with Gasteiger partial charge in [-0.1, -0.05) is 25.4 Å². The number of piperazine rings is 1. The number of nitrogens with zero attached hydrogens (tertiary/aromatic N) is 6. The van der Waals surface area contributed by atoms with Gasteiger partial charge in [-0.15, -0.1) is 0 Å². The zero-order chi connectivity index (χ0) is 36.5. The molecule has 0 radical (unpaired) electrons. The van der Waals surface area contributed by atoms with E-state index in [1.54, 1.807) is 45.6 Å². The van der Waals surface area contributed by atoms with E-state index in [1.165, 1.54) is 18.2 Å². The van der Waals surface area contributed by atoms with E-state index in [4.69, 9.17) is 22.1 Å². The number of primary amides is 1. The maximum absolute atomic E-state index is 12.0. The molecular formula is C30H49ClN8O8. The number of halogens is 1. The summed E-state index contributed by atoms with van der Waals surface area (Å²) in [5.41, 5.74) is 4.49. The minimum absolute atomic E-state index is 0.00519. The average Bonchev–Trinajstić information content (AvgIpc) is 2.92. The maximum atomic E-state index is 12.0. The number of ether oxygens (including phenoxy) is 2. The molecular weight excluding hydrogens is 636 g/mol. The van der Waals surface area contributed by atoms with Crippen molar-refractivity contribution in [2.24, 2.45) is 5.73 Å². The first-order valence-electron chi connectivity index (χ1n) is 14.9. The lowest BCUT2D eigenvalue weighted by atomic mass is 10.2. The summed E-state index contributed by atoms with van der Waals surface area (Å²) in [4.78, 5) is 53.9. The highest BCUT2D eigenvalue weighted by atomic mass is 35.5. The number of hydrogen-bond donors (Lipinski definition) is 2. The van der Waals surface area contributed by atoms with Crippen molar-refractivity contribution < 1.29 is 28.9 Å². The second-order valence-corrected chi connectivity index (χ2v) is 12.4. The molecule has 1 fully saturated rings. The fourth-order valence-corrected chi connectivity index (χ4v) is 3.81. The predicted octanol–water partition coefficient (Wildman–Crippen LogP) is 5.80. The molecule has 3 N–H and O–H groups in total. The van der Waals surface area contributed by atoms with Gasteiger partial charge in [-0.25, -0.2) is 19.6 Å². The summed E-state index contributed by atoms with van der Waals surface area (Å²) in [7, 11) is 0. The number of nitro groups is 2. The summed E-state index contributed by atoms with van der Waals surface area (Å²) in [6.45, 7) is 22.7. The Bertz CT molecular complexity index is 1320. The van der Waals surface area contributed by atoms with Crippen LogP contribution in [0.3, 0.4) is 0 Å². The molecule has 0 aromatic carbocycles. The Morgan fingerprint density at radius 1 is 0.851 bits per heavy atom. The minimum atomic E-state index is -0.725. The highest BCUT2D eigenvalue weighted by Gasteiger charge is 2.27. The maximum Gasteiger partial charge on any atom is 0.410 e. The van der Waals surface area contributed by atoms with E-state index in [0.717, 1.165) is 13.1 Å². The number of aromatic nitrogens is 2. The van der Waals surface area contributed by atoms with Crippen molar-refractivity contribution in [1.29, 1.82) is 0 Å². The Morgan fingerprint density at radius 2 is 1.30 bits per heavy atom. The Balaban J connectivity index is 0.000000727. The van der Waals surface area contributed by atoms with Crippen LogP contribution in [0, 0.1) is 34.1 Å². The van der Waals surface area contributed by atoms with Gasteiger partial charge < -0.3 is 30.3 Å². The predicted molar refractivity (Wildman–Crippen MR) is 181 cm³/mol. The van der Waals surface area contributed by atoms with Gasteiger partial charge in [0.25, 0.3) is 11.4 Å². The second kappa shape index (κ2) is 20.0. The first-order chi connectivity index (χ1) is 21.6. The highest BCUT2D eigenvalue weighted by molar-refractivity contribution is 6.29. The van der Waals surface area contributed by atoms with Crippen LogP contribution in [0.1, 0.15) is 66.8 Å². The zero-order valence-electron chi connectivity index (χ0n) is 29.0. The van der Waals surface area contributed by atoms with Crippen molar-refractivity contribution >= 4 is 41.0 Å². The number of nitrogens with two attached hydrogens (primary N) is 1. The standard InChI is InChI=1S/C15H22N4O4.C6H5ClN2O2.C5H11NO2.C4H11N/c1-11-12(19(21)22)5-6-13(16-11)17-7-9-18(10-8-17)14(20)23-15(2,3)4;1-4-5(9(10)11)2-3-6(7)8-4;1-5(2,3)8-4(6)7;1-3-5-4-2/h5-6H,7-10H2,1-4H3;2-3H,1H3;1-3H3,(H2,6,7);5H,3-4H2,1-2H3. The van der Waals surface area contributed by atoms with Crippen LogP contribution >= 0.6 is 11.6 Å². The molecule has 2 aromatic rings. The third kappa shape index (κ3) is 18.4. The molecule has 3 heterocycles. The summed E-state index contributed by atoms with van der Waals surface area (Å²) in [6, 6.07) is 5.85. The summed E-state index contributed by atoms with van der Waals surface area (Å²) in [5, 5.41) is 24.5. The van der Waals surface area contributed by atoms with E-state index in [-0.39, 0.29) is 22.6 Å². The normalized spacial score (nSPS) is 12.6. The molecule has 0 saturated carbocycles. The number of aryl methyl sites for hydroxylation is 2. The largest absolute Gasteiger partial charge is 0.444 e. The van der Waals surface area contributed by atoms with E-state index >= 15 is 0 Å². The lowest BCUT2D eigenvalue weighted by Gasteiger charge is -2.36. The number of rotatable bonds is 5. The van der Waals surface area contributed by atoms with Crippen LogP contribution in [0.4, 0.5) is 26.8 Å². The Hall–Kier alpha value is -4.31. The molecule has 1 saturated heterocycles. The summed E-state index contributed by atoms with van der Waals surface area (Å²) in [6.07, 6.45) is -1.04. The van der Waals surface area contributed by atoms with Gasteiger partial charge >= 0.3 is 12.2 Å². The number of nitrogens with one attached hydrogen (secondary N) is 1. The lowest BCUT2D eigenvalue weighted by Crippen LogP contribution is -2.50. The van der Waals surface area contributed by atoms with Crippen LogP contribution in [-0.4, -0.2) is 87.4 Å². The molecule has 2 aromatic heterocycles. The molecule has 47 heavy (non-hydrogen) atoms. The van der Waals surface area contributed by atoms with Crippen molar-refractivity contribution in [3.05, 3.63) is 61.0 Å².